The van der Waals surface area contributed by atoms with Crippen molar-refractivity contribution in [3.05, 3.63) is 0 Å². The van der Waals surface area contributed by atoms with E-state index < -0.39 is 6.17 Å². The quantitative estimate of drug-likeness (QED) is 0.577. The van der Waals surface area contributed by atoms with Gasteiger partial charge < -0.3 is 10.4 Å². The molecular formula is C9H20FNO. The number of hydrogen-bond donors (Lipinski definition) is 2. The van der Waals surface area contributed by atoms with E-state index in [9.17, 15) is 4.39 Å². The Morgan fingerprint density at radius 1 is 1.33 bits per heavy atom. The molecule has 0 saturated heterocycles. The topological polar surface area (TPSA) is 32.3 Å². The molecule has 0 radical (unpaired) electrons. The highest BCUT2D eigenvalue weighted by atomic mass is 19.1. The third-order valence-electron chi connectivity index (χ3n) is 1.69. The van der Waals surface area contributed by atoms with Gasteiger partial charge in [0.2, 0.25) is 0 Å². The zero-order chi connectivity index (χ0) is 9.40. The maximum absolute atomic E-state index is 12.7. The number of aliphatic hydroxyl groups is 1. The van der Waals surface area contributed by atoms with Crippen LogP contribution >= 0.6 is 0 Å². The standard InChI is InChI=1S/C9H20FNO/c1-8(2)11-6-3-4-9(10)5-7-12/h8-9,11-12H,3-7H2,1-2H3. The van der Waals surface area contributed by atoms with Crippen LogP contribution in [0.1, 0.15) is 33.1 Å². The summed E-state index contributed by atoms with van der Waals surface area (Å²) in [6.07, 6.45) is 0.852. The fraction of sp³-hybridized carbons (Fsp3) is 1.00. The van der Waals surface area contributed by atoms with Crippen LogP contribution in [0.2, 0.25) is 0 Å². The average molecular weight is 177 g/mol. The van der Waals surface area contributed by atoms with Crippen molar-refractivity contribution in [2.75, 3.05) is 13.2 Å². The Morgan fingerprint density at radius 3 is 2.50 bits per heavy atom. The van der Waals surface area contributed by atoms with Gasteiger partial charge in [-0.05, 0) is 19.4 Å². The Morgan fingerprint density at radius 2 is 2.00 bits per heavy atom. The number of rotatable bonds is 7. The van der Waals surface area contributed by atoms with Crippen molar-refractivity contribution >= 4 is 0 Å². The Bertz CT molecular complexity index is 98.5. The summed E-state index contributed by atoms with van der Waals surface area (Å²) >= 11 is 0. The summed E-state index contributed by atoms with van der Waals surface area (Å²) in [6, 6.07) is 0.473. The molecule has 0 aliphatic heterocycles. The van der Waals surface area contributed by atoms with E-state index in [4.69, 9.17) is 5.11 Å². The van der Waals surface area contributed by atoms with Crippen molar-refractivity contribution in [2.45, 2.75) is 45.3 Å². The number of hydrogen-bond acceptors (Lipinski definition) is 2. The lowest BCUT2D eigenvalue weighted by atomic mass is 10.1. The smallest absolute Gasteiger partial charge is 0.102 e. The zero-order valence-corrected chi connectivity index (χ0v) is 8.02. The van der Waals surface area contributed by atoms with Gasteiger partial charge in [0.05, 0.1) is 0 Å². The summed E-state index contributed by atoms with van der Waals surface area (Å²) in [5, 5.41) is 11.6. The molecule has 0 aliphatic carbocycles. The summed E-state index contributed by atoms with van der Waals surface area (Å²) in [6.45, 7) is 4.96. The van der Waals surface area contributed by atoms with E-state index in [1.54, 1.807) is 0 Å². The number of nitrogens with one attached hydrogen (secondary N) is 1. The molecule has 0 rings (SSSR count). The minimum absolute atomic E-state index is 0.0429. The summed E-state index contributed by atoms with van der Waals surface area (Å²) in [5.41, 5.74) is 0. The van der Waals surface area contributed by atoms with Gasteiger partial charge in [0.1, 0.15) is 6.17 Å². The molecule has 3 heteroatoms. The third-order valence-corrected chi connectivity index (χ3v) is 1.69. The summed E-state index contributed by atoms with van der Waals surface area (Å²) in [5.74, 6) is 0. The maximum Gasteiger partial charge on any atom is 0.102 e. The normalized spacial score (nSPS) is 13.8. The van der Waals surface area contributed by atoms with Crippen molar-refractivity contribution < 1.29 is 9.50 Å². The van der Waals surface area contributed by atoms with Crippen LogP contribution in [0.5, 0.6) is 0 Å². The predicted octanol–water partition coefficient (Wildman–Crippen LogP) is 1.49. The molecule has 0 aromatic carbocycles. The molecule has 0 aromatic rings. The first-order chi connectivity index (χ1) is 5.66. The lowest BCUT2D eigenvalue weighted by Crippen LogP contribution is -2.24. The first-order valence-electron chi connectivity index (χ1n) is 4.65. The maximum atomic E-state index is 12.7. The van der Waals surface area contributed by atoms with Crippen molar-refractivity contribution in [1.29, 1.82) is 0 Å². The Labute approximate surface area is 74.2 Å². The van der Waals surface area contributed by atoms with Gasteiger partial charge in [-0.1, -0.05) is 13.8 Å². The zero-order valence-electron chi connectivity index (χ0n) is 8.02. The highest BCUT2D eigenvalue weighted by Crippen LogP contribution is 2.04. The Hall–Kier alpha value is -0.150. The first kappa shape index (κ1) is 11.8. The number of halogens is 1. The molecule has 1 unspecified atom stereocenters. The minimum atomic E-state index is -0.830. The second-order valence-corrected chi connectivity index (χ2v) is 3.36. The first-order valence-corrected chi connectivity index (χ1v) is 4.65. The molecular weight excluding hydrogens is 157 g/mol. The van der Waals surface area contributed by atoms with Crippen LogP contribution in [0.3, 0.4) is 0 Å². The van der Waals surface area contributed by atoms with E-state index in [2.05, 4.69) is 19.2 Å². The van der Waals surface area contributed by atoms with E-state index in [-0.39, 0.29) is 13.0 Å². The molecule has 12 heavy (non-hydrogen) atoms. The Kier molecular flexibility index (Phi) is 7.40. The molecule has 2 N–H and O–H groups in total. The number of aliphatic hydroxyl groups excluding tert-OH is 1. The average Bonchev–Trinajstić information content (AvgIpc) is 1.98. The molecule has 0 aliphatic rings. The molecule has 0 fully saturated rings. The van der Waals surface area contributed by atoms with Gasteiger partial charge in [0, 0.05) is 19.1 Å². The Balaban J connectivity index is 3.08. The lowest BCUT2D eigenvalue weighted by molar-refractivity contribution is 0.210. The van der Waals surface area contributed by atoms with E-state index in [1.165, 1.54) is 0 Å². The monoisotopic (exact) mass is 177 g/mol. The molecule has 1 atom stereocenters. The van der Waals surface area contributed by atoms with Crippen LogP contribution in [0.4, 0.5) is 4.39 Å². The van der Waals surface area contributed by atoms with Crippen LogP contribution in [0.15, 0.2) is 0 Å². The fourth-order valence-corrected chi connectivity index (χ4v) is 0.999. The molecule has 2 nitrogen and oxygen atoms in total. The van der Waals surface area contributed by atoms with Crippen LogP contribution in [0, 0.1) is 0 Å². The van der Waals surface area contributed by atoms with Gasteiger partial charge >= 0.3 is 0 Å². The third kappa shape index (κ3) is 7.95. The SMILES string of the molecule is CC(C)NCCCC(F)CCO. The van der Waals surface area contributed by atoms with Crippen LogP contribution in [0.25, 0.3) is 0 Å². The number of alkyl halides is 1. The van der Waals surface area contributed by atoms with Gasteiger partial charge in [-0.25, -0.2) is 4.39 Å². The predicted molar refractivity (Wildman–Crippen MR) is 49.0 cm³/mol. The van der Waals surface area contributed by atoms with Crippen LogP contribution in [-0.2, 0) is 0 Å². The molecule has 0 heterocycles. The molecule has 0 bridgehead atoms. The largest absolute Gasteiger partial charge is 0.396 e. The van der Waals surface area contributed by atoms with Crippen molar-refractivity contribution in [2.24, 2.45) is 0 Å². The van der Waals surface area contributed by atoms with Crippen molar-refractivity contribution in [1.82, 2.24) is 5.32 Å². The second kappa shape index (κ2) is 7.50. The van der Waals surface area contributed by atoms with Crippen molar-refractivity contribution in [3.8, 4) is 0 Å². The van der Waals surface area contributed by atoms with Gasteiger partial charge in [0.25, 0.3) is 0 Å². The van der Waals surface area contributed by atoms with E-state index >= 15 is 0 Å². The van der Waals surface area contributed by atoms with Gasteiger partial charge in [0.15, 0.2) is 0 Å². The molecule has 0 aromatic heterocycles. The highest BCUT2D eigenvalue weighted by Gasteiger charge is 2.04. The van der Waals surface area contributed by atoms with Gasteiger partial charge in [-0.3, -0.25) is 0 Å². The lowest BCUT2D eigenvalue weighted by Gasteiger charge is -2.09. The van der Waals surface area contributed by atoms with Gasteiger partial charge in [-0.2, -0.15) is 0 Å². The highest BCUT2D eigenvalue weighted by molar-refractivity contribution is 4.58. The summed E-state index contributed by atoms with van der Waals surface area (Å²) in [4.78, 5) is 0. The molecule has 0 saturated carbocycles. The minimum Gasteiger partial charge on any atom is -0.396 e. The van der Waals surface area contributed by atoms with E-state index in [1.807, 2.05) is 0 Å². The van der Waals surface area contributed by atoms with Crippen LogP contribution < -0.4 is 5.32 Å². The van der Waals surface area contributed by atoms with Crippen molar-refractivity contribution in [3.63, 3.8) is 0 Å². The van der Waals surface area contributed by atoms with Crippen LogP contribution in [-0.4, -0.2) is 30.5 Å². The summed E-state index contributed by atoms with van der Waals surface area (Å²) in [7, 11) is 0. The van der Waals surface area contributed by atoms with E-state index in [0.29, 0.717) is 12.5 Å². The summed E-state index contributed by atoms with van der Waals surface area (Å²) < 4.78 is 12.7. The van der Waals surface area contributed by atoms with Gasteiger partial charge in [-0.15, -0.1) is 0 Å². The van der Waals surface area contributed by atoms with E-state index in [0.717, 1.165) is 13.0 Å². The second-order valence-electron chi connectivity index (χ2n) is 3.36. The fourth-order valence-electron chi connectivity index (χ4n) is 0.999. The molecule has 0 spiro atoms. The molecule has 0 amide bonds. The molecule has 74 valence electrons.